The zero-order valence-electron chi connectivity index (χ0n) is 7.50. The Labute approximate surface area is 80.5 Å². The summed E-state index contributed by atoms with van der Waals surface area (Å²) in [7, 11) is 0. The quantitative estimate of drug-likeness (QED) is 0.568. The number of nitrogens with two attached hydrogens (primary N) is 1. The lowest BCUT2D eigenvalue weighted by Gasteiger charge is -2.01. The van der Waals surface area contributed by atoms with E-state index in [9.17, 15) is 8.78 Å². The first kappa shape index (κ1) is 9.12. The maximum absolute atomic E-state index is 12.8. The van der Waals surface area contributed by atoms with Gasteiger partial charge in [-0.15, -0.1) is 0 Å². The van der Waals surface area contributed by atoms with E-state index in [0.717, 1.165) is 18.9 Å². The largest absolute Gasteiger partial charge is 0.383 e. The van der Waals surface area contributed by atoms with Crippen LogP contribution in [0.1, 0.15) is 18.4 Å². The van der Waals surface area contributed by atoms with Gasteiger partial charge in [0.2, 0.25) is 0 Å². The third kappa shape index (κ3) is 2.07. The zero-order valence-corrected chi connectivity index (χ0v) is 7.50. The van der Waals surface area contributed by atoms with Crippen LogP contribution in [0.5, 0.6) is 0 Å². The molecule has 1 aliphatic carbocycles. The Bertz CT molecular complexity index is 363. The normalized spacial score (nSPS) is 17.1. The molecule has 1 aliphatic rings. The number of hydrogen-bond acceptors (Lipinski definition) is 1. The number of benzene rings is 1. The van der Waals surface area contributed by atoms with Crippen molar-refractivity contribution in [2.45, 2.75) is 18.9 Å². The smallest absolute Gasteiger partial charge is 0.126 e. The first-order valence-corrected chi connectivity index (χ1v) is 4.45. The summed E-state index contributed by atoms with van der Waals surface area (Å²) in [6.07, 6.45) is 2.02. The van der Waals surface area contributed by atoms with E-state index in [4.69, 9.17) is 5.73 Å². The van der Waals surface area contributed by atoms with Gasteiger partial charge in [0.1, 0.15) is 17.5 Å². The second-order valence-electron chi connectivity index (χ2n) is 3.40. The summed E-state index contributed by atoms with van der Waals surface area (Å²) in [5.41, 5.74) is 5.90. The highest BCUT2D eigenvalue weighted by atomic mass is 19.1. The lowest BCUT2D eigenvalue weighted by Crippen LogP contribution is -2.14. The molecular weight excluding hydrogens is 186 g/mol. The van der Waals surface area contributed by atoms with Crippen molar-refractivity contribution < 1.29 is 8.78 Å². The second-order valence-corrected chi connectivity index (χ2v) is 3.40. The van der Waals surface area contributed by atoms with Crippen LogP contribution >= 0.6 is 0 Å². The van der Waals surface area contributed by atoms with Crippen molar-refractivity contribution in [1.29, 1.82) is 0 Å². The lowest BCUT2D eigenvalue weighted by molar-refractivity contribution is 0.582. The minimum Gasteiger partial charge on any atom is -0.383 e. The van der Waals surface area contributed by atoms with Gasteiger partial charge in [0.05, 0.1) is 6.04 Å². The second kappa shape index (κ2) is 3.36. The maximum atomic E-state index is 12.8. The van der Waals surface area contributed by atoms with E-state index < -0.39 is 11.6 Å². The molecule has 1 aromatic rings. The number of rotatable bonds is 2. The summed E-state index contributed by atoms with van der Waals surface area (Å²) >= 11 is 0. The van der Waals surface area contributed by atoms with E-state index in [1.54, 1.807) is 0 Å². The van der Waals surface area contributed by atoms with E-state index in [1.165, 1.54) is 12.1 Å². The molecule has 1 fully saturated rings. The van der Waals surface area contributed by atoms with Crippen LogP contribution in [0.3, 0.4) is 0 Å². The molecule has 0 aromatic heterocycles. The van der Waals surface area contributed by atoms with Gasteiger partial charge in [-0.05, 0) is 25.0 Å². The summed E-state index contributed by atoms with van der Waals surface area (Å²) in [6, 6.07) is 3.43. The summed E-state index contributed by atoms with van der Waals surface area (Å²) in [5.74, 6) is -1.05. The van der Waals surface area contributed by atoms with Crippen LogP contribution in [0, 0.1) is 11.6 Å². The summed E-state index contributed by atoms with van der Waals surface area (Å²) in [4.78, 5) is 4.10. The number of halogens is 2. The molecular formula is C10H10F2N2. The van der Waals surface area contributed by atoms with Gasteiger partial charge in [-0.1, -0.05) is 0 Å². The highest BCUT2D eigenvalue weighted by Gasteiger charge is 2.20. The van der Waals surface area contributed by atoms with E-state index in [2.05, 4.69) is 4.99 Å². The first-order valence-electron chi connectivity index (χ1n) is 4.45. The fourth-order valence-corrected chi connectivity index (χ4v) is 1.18. The van der Waals surface area contributed by atoms with Crippen LogP contribution in [0.4, 0.5) is 8.78 Å². The Morgan fingerprint density at radius 2 is 1.79 bits per heavy atom. The fourth-order valence-electron chi connectivity index (χ4n) is 1.18. The van der Waals surface area contributed by atoms with Gasteiger partial charge in [-0.3, -0.25) is 4.99 Å². The molecule has 14 heavy (non-hydrogen) atoms. The van der Waals surface area contributed by atoms with Crippen molar-refractivity contribution >= 4 is 5.84 Å². The zero-order chi connectivity index (χ0) is 10.1. The van der Waals surface area contributed by atoms with Crippen LogP contribution in [-0.2, 0) is 0 Å². The molecule has 0 spiro atoms. The van der Waals surface area contributed by atoms with Gasteiger partial charge in [0, 0.05) is 11.6 Å². The van der Waals surface area contributed by atoms with Crippen LogP contribution in [-0.4, -0.2) is 11.9 Å². The van der Waals surface area contributed by atoms with Crippen molar-refractivity contribution in [2.24, 2.45) is 10.7 Å². The van der Waals surface area contributed by atoms with Crippen molar-refractivity contribution in [1.82, 2.24) is 0 Å². The van der Waals surface area contributed by atoms with Gasteiger partial charge in [0.25, 0.3) is 0 Å². The summed E-state index contributed by atoms with van der Waals surface area (Å²) < 4.78 is 25.6. The van der Waals surface area contributed by atoms with Crippen LogP contribution in [0.25, 0.3) is 0 Å². The lowest BCUT2D eigenvalue weighted by atomic mass is 10.2. The predicted molar refractivity (Wildman–Crippen MR) is 50.1 cm³/mol. The average Bonchev–Trinajstić information content (AvgIpc) is 2.86. The Kier molecular flexibility index (Phi) is 2.19. The van der Waals surface area contributed by atoms with Crippen LogP contribution in [0.15, 0.2) is 23.2 Å². The molecule has 0 saturated heterocycles. The number of amidine groups is 1. The summed E-state index contributed by atoms with van der Waals surface area (Å²) in [6.45, 7) is 0. The highest BCUT2D eigenvalue weighted by molar-refractivity contribution is 5.97. The molecule has 0 unspecified atom stereocenters. The number of nitrogens with zero attached hydrogens (tertiary/aromatic N) is 1. The molecule has 0 radical (unpaired) electrons. The minimum atomic E-state index is -0.631. The van der Waals surface area contributed by atoms with Gasteiger partial charge in [-0.25, -0.2) is 8.78 Å². The first-order chi connectivity index (χ1) is 6.65. The molecule has 4 heteroatoms. The topological polar surface area (TPSA) is 38.4 Å². The molecule has 74 valence electrons. The van der Waals surface area contributed by atoms with Crippen molar-refractivity contribution in [3.8, 4) is 0 Å². The monoisotopic (exact) mass is 196 g/mol. The minimum absolute atomic E-state index is 0.214. The Hall–Kier alpha value is -1.45. The van der Waals surface area contributed by atoms with Gasteiger partial charge in [0.15, 0.2) is 0 Å². The molecule has 1 aromatic carbocycles. The third-order valence-corrected chi connectivity index (χ3v) is 2.03. The van der Waals surface area contributed by atoms with Gasteiger partial charge >= 0.3 is 0 Å². The molecule has 0 heterocycles. The molecule has 0 aliphatic heterocycles. The molecule has 2 N–H and O–H groups in total. The highest BCUT2D eigenvalue weighted by Crippen LogP contribution is 2.24. The Morgan fingerprint density at radius 3 is 2.29 bits per heavy atom. The molecule has 2 rings (SSSR count). The van der Waals surface area contributed by atoms with Gasteiger partial charge < -0.3 is 5.73 Å². The van der Waals surface area contributed by atoms with Crippen LogP contribution < -0.4 is 5.73 Å². The van der Waals surface area contributed by atoms with Crippen molar-refractivity contribution in [2.75, 3.05) is 0 Å². The SMILES string of the molecule is NC(=NC1CC1)c1cc(F)cc(F)c1. The van der Waals surface area contributed by atoms with E-state index >= 15 is 0 Å². The molecule has 0 atom stereocenters. The van der Waals surface area contributed by atoms with Crippen molar-refractivity contribution in [3.05, 3.63) is 35.4 Å². The molecule has 1 saturated carbocycles. The molecule has 0 bridgehead atoms. The fraction of sp³-hybridized carbons (Fsp3) is 0.300. The summed E-state index contributed by atoms with van der Waals surface area (Å²) in [5, 5.41) is 0. The number of aliphatic imine (C=N–C) groups is 1. The van der Waals surface area contributed by atoms with E-state index in [-0.39, 0.29) is 11.9 Å². The third-order valence-electron chi connectivity index (χ3n) is 2.03. The average molecular weight is 196 g/mol. The van der Waals surface area contributed by atoms with E-state index in [0.29, 0.717) is 5.56 Å². The molecule has 2 nitrogen and oxygen atoms in total. The standard InChI is InChI=1S/C10H10F2N2/c11-7-3-6(4-8(12)5-7)10(13)14-9-1-2-9/h3-5,9H,1-2H2,(H2,13,14). The Morgan fingerprint density at radius 1 is 1.21 bits per heavy atom. The van der Waals surface area contributed by atoms with Crippen LogP contribution in [0.2, 0.25) is 0 Å². The van der Waals surface area contributed by atoms with Crippen molar-refractivity contribution in [3.63, 3.8) is 0 Å². The number of hydrogen-bond donors (Lipinski definition) is 1. The maximum Gasteiger partial charge on any atom is 0.126 e. The van der Waals surface area contributed by atoms with E-state index in [1.807, 2.05) is 0 Å². The Balaban J connectivity index is 2.30. The molecule has 0 amide bonds. The predicted octanol–water partition coefficient (Wildman–Crippen LogP) is 1.83. The van der Waals surface area contributed by atoms with Gasteiger partial charge in [-0.2, -0.15) is 0 Å².